The van der Waals surface area contributed by atoms with Gasteiger partial charge in [0.05, 0.1) is 16.7 Å². The first-order valence-corrected chi connectivity index (χ1v) is 17.1. The molecule has 0 atom stereocenters. The number of aryl methyl sites for hydroxylation is 1. The molecular formula is C42H44ClF4N3. The summed E-state index contributed by atoms with van der Waals surface area (Å²) < 4.78 is 53.2. The molecule has 0 heterocycles. The zero-order chi connectivity index (χ0) is 36.7. The minimum absolute atomic E-state index is 0.133. The Morgan fingerprint density at radius 2 is 1.66 bits per heavy atom. The van der Waals surface area contributed by atoms with Gasteiger partial charge in [-0.25, -0.2) is 17.6 Å². The van der Waals surface area contributed by atoms with Crippen molar-refractivity contribution in [3.05, 3.63) is 152 Å². The molecule has 1 aliphatic carbocycles. The number of rotatable bonds is 11. The van der Waals surface area contributed by atoms with Gasteiger partial charge in [-0.2, -0.15) is 5.26 Å². The van der Waals surface area contributed by atoms with Crippen LogP contribution in [0.1, 0.15) is 97.4 Å². The molecule has 4 aromatic rings. The van der Waals surface area contributed by atoms with Crippen LogP contribution in [0.5, 0.6) is 0 Å². The molecule has 50 heavy (non-hydrogen) atoms. The fourth-order valence-corrected chi connectivity index (χ4v) is 6.03. The van der Waals surface area contributed by atoms with Gasteiger partial charge >= 0.3 is 0 Å². The van der Waals surface area contributed by atoms with Crippen molar-refractivity contribution >= 4 is 23.4 Å². The van der Waals surface area contributed by atoms with Crippen LogP contribution >= 0.6 is 11.6 Å². The van der Waals surface area contributed by atoms with Crippen molar-refractivity contribution in [2.75, 3.05) is 11.4 Å². The quantitative estimate of drug-likeness (QED) is 0.0962. The van der Waals surface area contributed by atoms with Gasteiger partial charge in [-0.15, -0.1) is 0 Å². The third-order valence-electron chi connectivity index (χ3n) is 8.84. The third-order valence-corrected chi connectivity index (χ3v) is 9.24. The van der Waals surface area contributed by atoms with Gasteiger partial charge in [0.15, 0.2) is 23.3 Å². The van der Waals surface area contributed by atoms with E-state index < -0.39 is 33.9 Å². The molecule has 0 saturated heterocycles. The van der Waals surface area contributed by atoms with E-state index in [2.05, 4.69) is 82.2 Å². The van der Waals surface area contributed by atoms with Crippen LogP contribution in [0.25, 0.3) is 6.08 Å². The number of hydrogen-bond acceptors (Lipinski definition) is 3. The lowest BCUT2D eigenvalue weighted by atomic mass is 9.84. The van der Waals surface area contributed by atoms with E-state index in [1.807, 2.05) is 12.1 Å². The van der Waals surface area contributed by atoms with Crippen LogP contribution in [0.4, 0.5) is 23.2 Å². The molecular weight excluding hydrogens is 658 g/mol. The summed E-state index contributed by atoms with van der Waals surface area (Å²) in [6.07, 6.45) is 6.36. The maximum absolute atomic E-state index is 13.7. The van der Waals surface area contributed by atoms with Gasteiger partial charge in [-0.1, -0.05) is 107 Å². The lowest BCUT2D eigenvalue weighted by Gasteiger charge is -2.30. The number of benzene rings is 4. The monoisotopic (exact) mass is 701 g/mol. The highest BCUT2D eigenvalue weighted by Crippen LogP contribution is 2.42. The molecule has 8 heteroatoms. The molecule has 262 valence electrons. The molecule has 0 aliphatic heterocycles. The lowest BCUT2D eigenvalue weighted by Crippen LogP contribution is -2.27. The molecule has 0 unspecified atom stereocenters. The number of nitrogens with zero attached hydrogens (tertiary/aromatic N) is 2. The first-order chi connectivity index (χ1) is 23.7. The van der Waals surface area contributed by atoms with E-state index in [1.165, 1.54) is 52.9 Å². The number of nitriles is 1. The molecule has 4 aromatic carbocycles. The molecule has 0 aromatic heterocycles. The highest BCUT2D eigenvalue weighted by molar-refractivity contribution is 6.31. The largest absolute Gasteiger partial charge is 0.340 e. The normalized spacial score (nSPS) is 12.5. The topological polar surface area (TPSA) is 53.0 Å². The van der Waals surface area contributed by atoms with E-state index in [9.17, 15) is 17.6 Å². The van der Waals surface area contributed by atoms with Crippen LogP contribution in [0, 0.1) is 34.6 Å². The Kier molecular flexibility index (Phi) is 12.7. The van der Waals surface area contributed by atoms with Gasteiger partial charge in [0.1, 0.15) is 0 Å². The van der Waals surface area contributed by atoms with Crippen molar-refractivity contribution in [3.8, 4) is 6.07 Å². The van der Waals surface area contributed by atoms with Crippen LogP contribution < -0.4 is 10.6 Å². The van der Waals surface area contributed by atoms with E-state index in [0.717, 1.165) is 36.6 Å². The molecule has 2 N–H and O–H groups in total. The Bertz CT molecular complexity index is 1890. The van der Waals surface area contributed by atoms with Crippen LogP contribution in [-0.4, -0.2) is 6.54 Å². The first-order valence-electron chi connectivity index (χ1n) is 16.8. The fraction of sp³-hybridized carbons (Fsp3) is 0.310. The van der Waals surface area contributed by atoms with Crippen LogP contribution in [0.15, 0.2) is 79.5 Å². The maximum Gasteiger partial charge on any atom is 0.199 e. The fourth-order valence-electron chi connectivity index (χ4n) is 5.80. The summed E-state index contributed by atoms with van der Waals surface area (Å²) in [5, 5.41) is 8.08. The summed E-state index contributed by atoms with van der Waals surface area (Å²) in [4.78, 5) is 2.32. The average molecular weight is 702 g/mol. The molecule has 1 saturated carbocycles. The molecule has 0 spiro atoms. The summed E-state index contributed by atoms with van der Waals surface area (Å²) in [6, 6.07) is 21.8. The SMILES string of the molecule is C=Cc1ccc(N(Cc2cc(C3CC3)cc(C(C)(C)C)c2)C(=C)CN)c(CCC)c1.N#Cc1ccccc1Cc1c(F)c(F)c(F)c(F)c1Cl. The molecule has 1 fully saturated rings. The summed E-state index contributed by atoms with van der Waals surface area (Å²) >= 11 is 5.52. The van der Waals surface area contributed by atoms with Crippen molar-refractivity contribution in [1.82, 2.24) is 0 Å². The van der Waals surface area contributed by atoms with Gasteiger partial charge in [-0.3, -0.25) is 0 Å². The summed E-state index contributed by atoms with van der Waals surface area (Å²) in [5.41, 5.74) is 15.1. The van der Waals surface area contributed by atoms with E-state index >= 15 is 0 Å². The van der Waals surface area contributed by atoms with Crippen molar-refractivity contribution in [2.45, 2.75) is 77.7 Å². The van der Waals surface area contributed by atoms with Gasteiger partial charge in [0.25, 0.3) is 0 Å². The molecule has 5 rings (SSSR count). The van der Waals surface area contributed by atoms with Crippen LogP contribution in [-0.2, 0) is 24.8 Å². The van der Waals surface area contributed by atoms with Crippen molar-refractivity contribution in [1.29, 1.82) is 5.26 Å². The number of nitrogens with two attached hydrogens (primary N) is 1. The summed E-state index contributed by atoms with van der Waals surface area (Å²) in [6.45, 7) is 18.6. The third kappa shape index (κ3) is 9.04. The van der Waals surface area contributed by atoms with Crippen molar-refractivity contribution in [3.63, 3.8) is 0 Å². The van der Waals surface area contributed by atoms with Gasteiger partial charge in [0, 0.05) is 36.5 Å². The zero-order valence-corrected chi connectivity index (χ0v) is 29.9. The minimum Gasteiger partial charge on any atom is -0.340 e. The zero-order valence-electron chi connectivity index (χ0n) is 29.2. The molecule has 1 aliphatic rings. The first kappa shape index (κ1) is 38.4. The van der Waals surface area contributed by atoms with Crippen molar-refractivity contribution < 1.29 is 17.6 Å². The standard InChI is InChI=1S/C28H38N2.C14H6ClF4N/c1-7-9-24-14-21(8-2)10-13-27(24)30(20(3)18-29)19-22-15-25(23-11-12-23)17-26(16-22)28(4,5)6;15-10-9(11(16)13(18)14(19)12(10)17)5-7-3-1-2-4-8(7)6-20/h8,10,13-17,23H,2-3,7,9,11-12,18-19,29H2,1,4-6H3;1-4H,5H2. The van der Waals surface area contributed by atoms with Crippen LogP contribution in [0.3, 0.4) is 0 Å². The number of anilines is 1. The Balaban J connectivity index is 0.000000244. The second-order valence-electron chi connectivity index (χ2n) is 13.7. The molecule has 0 amide bonds. The Morgan fingerprint density at radius 3 is 2.26 bits per heavy atom. The van der Waals surface area contributed by atoms with E-state index in [0.29, 0.717) is 12.1 Å². The Labute approximate surface area is 298 Å². The average Bonchev–Trinajstić information content (AvgIpc) is 3.97. The second-order valence-corrected chi connectivity index (χ2v) is 14.1. The second kappa shape index (κ2) is 16.6. The molecule has 3 nitrogen and oxygen atoms in total. The minimum atomic E-state index is -1.95. The number of hydrogen-bond donors (Lipinski definition) is 1. The predicted octanol–water partition coefficient (Wildman–Crippen LogP) is 11.3. The van der Waals surface area contributed by atoms with Crippen molar-refractivity contribution in [2.24, 2.45) is 5.73 Å². The van der Waals surface area contributed by atoms with Gasteiger partial charge in [0.2, 0.25) is 0 Å². The lowest BCUT2D eigenvalue weighted by molar-refractivity contribution is 0.405. The summed E-state index contributed by atoms with van der Waals surface area (Å²) in [5.74, 6) is -6.34. The highest BCUT2D eigenvalue weighted by atomic mass is 35.5. The maximum atomic E-state index is 13.7. The predicted molar refractivity (Wildman–Crippen MR) is 197 cm³/mol. The molecule has 0 radical (unpaired) electrons. The van der Waals surface area contributed by atoms with E-state index in [1.54, 1.807) is 12.1 Å². The summed E-state index contributed by atoms with van der Waals surface area (Å²) in [7, 11) is 0. The number of halogens is 5. The smallest absolute Gasteiger partial charge is 0.199 e. The highest BCUT2D eigenvalue weighted by Gasteiger charge is 2.27. The van der Waals surface area contributed by atoms with E-state index in [4.69, 9.17) is 22.6 Å². The molecule has 0 bridgehead atoms. The Morgan fingerprint density at radius 1 is 0.980 bits per heavy atom. The Hall–Kier alpha value is -4.38. The van der Waals surface area contributed by atoms with Gasteiger partial charge in [-0.05, 0) is 82.2 Å². The van der Waals surface area contributed by atoms with E-state index in [-0.39, 0.29) is 17.4 Å². The van der Waals surface area contributed by atoms with Gasteiger partial charge < -0.3 is 10.6 Å². The van der Waals surface area contributed by atoms with Crippen LogP contribution in [0.2, 0.25) is 5.02 Å².